The standard InChI is InChI=1S/C25H19FN4O4S/c26-16-5-8-19-18(10-16)25(24(32)28-19)22(23(31)15-2-1-9-27-11-15)21(20-12-35-13-29(20)25)14-3-6-17(7-4-14)30(33)34/h1-11,20-22H,12-13H2,(H,28,32)/t20-,21+,22-,25+/m0/s1. The van der Waals surface area contributed by atoms with E-state index in [1.165, 1.54) is 36.5 Å². The number of hydrogen-bond acceptors (Lipinski definition) is 7. The summed E-state index contributed by atoms with van der Waals surface area (Å²) in [6, 6.07) is 13.4. The molecule has 0 bridgehead atoms. The monoisotopic (exact) mass is 490 g/mol. The van der Waals surface area contributed by atoms with Crippen LogP contribution < -0.4 is 5.32 Å². The van der Waals surface area contributed by atoms with Crippen LogP contribution in [0.25, 0.3) is 0 Å². The van der Waals surface area contributed by atoms with Gasteiger partial charge in [0.1, 0.15) is 11.4 Å². The van der Waals surface area contributed by atoms with E-state index < -0.39 is 28.1 Å². The first kappa shape index (κ1) is 21.9. The number of halogens is 1. The largest absolute Gasteiger partial charge is 0.324 e. The van der Waals surface area contributed by atoms with E-state index in [9.17, 15) is 24.1 Å². The summed E-state index contributed by atoms with van der Waals surface area (Å²) in [5, 5.41) is 14.1. The molecule has 2 fully saturated rings. The zero-order valence-electron chi connectivity index (χ0n) is 18.3. The number of nitro benzene ring substituents is 1. The fourth-order valence-corrected chi connectivity index (χ4v) is 7.25. The summed E-state index contributed by atoms with van der Waals surface area (Å²) in [5.74, 6) is -1.30. The molecule has 3 aliphatic rings. The van der Waals surface area contributed by atoms with Crippen molar-refractivity contribution in [2.24, 2.45) is 5.92 Å². The van der Waals surface area contributed by atoms with Crippen LogP contribution in [0.1, 0.15) is 27.4 Å². The number of aromatic nitrogens is 1. The number of pyridine rings is 1. The minimum absolute atomic E-state index is 0.0553. The lowest BCUT2D eigenvalue weighted by molar-refractivity contribution is -0.384. The molecule has 1 N–H and O–H groups in total. The van der Waals surface area contributed by atoms with Gasteiger partial charge in [0.2, 0.25) is 5.91 Å². The summed E-state index contributed by atoms with van der Waals surface area (Å²) in [6.45, 7) is 0. The maximum Gasteiger partial charge on any atom is 0.269 e. The van der Waals surface area contributed by atoms with Crippen molar-refractivity contribution < 1.29 is 18.9 Å². The quantitative estimate of drug-likeness (QED) is 0.335. The highest BCUT2D eigenvalue weighted by Crippen LogP contribution is 2.61. The van der Waals surface area contributed by atoms with Gasteiger partial charge in [0.05, 0.1) is 10.8 Å². The first-order valence-electron chi connectivity index (χ1n) is 11.1. The number of nitrogens with zero attached hydrogens (tertiary/aromatic N) is 3. The Morgan fingerprint density at radius 1 is 1.23 bits per heavy atom. The van der Waals surface area contributed by atoms with Gasteiger partial charge in [-0.2, -0.15) is 0 Å². The number of fused-ring (bicyclic) bond motifs is 4. The van der Waals surface area contributed by atoms with Crippen LogP contribution in [-0.4, -0.2) is 44.2 Å². The Labute approximate surface area is 203 Å². The van der Waals surface area contributed by atoms with E-state index in [-0.39, 0.29) is 23.4 Å². The molecule has 10 heteroatoms. The van der Waals surface area contributed by atoms with E-state index in [2.05, 4.69) is 10.3 Å². The fourth-order valence-electron chi connectivity index (χ4n) is 5.93. The average Bonchev–Trinajstić information content (AvgIpc) is 3.53. The van der Waals surface area contributed by atoms with Crippen LogP contribution in [0.2, 0.25) is 0 Å². The molecule has 1 spiro atoms. The topological polar surface area (TPSA) is 105 Å². The number of rotatable bonds is 4. The van der Waals surface area contributed by atoms with Gasteiger partial charge in [0.25, 0.3) is 5.69 Å². The second kappa shape index (κ2) is 7.96. The molecular weight excluding hydrogens is 471 g/mol. The van der Waals surface area contributed by atoms with E-state index in [0.717, 1.165) is 5.56 Å². The lowest BCUT2D eigenvalue weighted by atomic mass is 9.69. The lowest BCUT2D eigenvalue weighted by Crippen LogP contribution is -2.52. The van der Waals surface area contributed by atoms with Crippen molar-refractivity contribution in [3.05, 3.63) is 99.6 Å². The summed E-state index contributed by atoms with van der Waals surface area (Å²) in [5.41, 5.74) is 0.549. The maximum atomic E-state index is 14.5. The van der Waals surface area contributed by atoms with Gasteiger partial charge in [0.15, 0.2) is 5.78 Å². The molecule has 4 atom stereocenters. The number of benzene rings is 2. The number of Topliss-reactive ketones (excluding diaryl/α,β-unsaturated/α-hetero) is 1. The van der Waals surface area contributed by atoms with Gasteiger partial charge in [-0.3, -0.25) is 29.6 Å². The Morgan fingerprint density at radius 2 is 2.03 bits per heavy atom. The van der Waals surface area contributed by atoms with E-state index in [1.54, 1.807) is 42.2 Å². The molecule has 0 aliphatic carbocycles. The third-order valence-corrected chi connectivity index (χ3v) is 8.34. The van der Waals surface area contributed by atoms with Gasteiger partial charge in [0, 0.05) is 64.9 Å². The van der Waals surface area contributed by atoms with Crippen molar-refractivity contribution in [2.75, 3.05) is 16.9 Å². The second-order valence-electron chi connectivity index (χ2n) is 8.91. The van der Waals surface area contributed by atoms with E-state index >= 15 is 0 Å². The number of carbonyl (C=O) groups is 2. The molecule has 8 nitrogen and oxygen atoms in total. The first-order chi connectivity index (χ1) is 16.9. The second-order valence-corrected chi connectivity index (χ2v) is 9.91. The molecule has 4 heterocycles. The summed E-state index contributed by atoms with van der Waals surface area (Å²) in [4.78, 5) is 44.9. The maximum absolute atomic E-state index is 14.5. The molecule has 176 valence electrons. The van der Waals surface area contributed by atoms with Gasteiger partial charge in [-0.25, -0.2) is 4.39 Å². The van der Waals surface area contributed by atoms with Crippen LogP contribution in [0.15, 0.2) is 67.0 Å². The summed E-state index contributed by atoms with van der Waals surface area (Å²) < 4.78 is 14.5. The van der Waals surface area contributed by atoms with Gasteiger partial charge in [-0.15, -0.1) is 11.8 Å². The van der Waals surface area contributed by atoms with Gasteiger partial charge < -0.3 is 5.32 Å². The Kier molecular flexibility index (Phi) is 4.97. The molecule has 2 aromatic carbocycles. The highest BCUT2D eigenvalue weighted by Gasteiger charge is 2.69. The summed E-state index contributed by atoms with van der Waals surface area (Å²) in [6.07, 6.45) is 3.04. The number of ketones is 1. The zero-order chi connectivity index (χ0) is 24.3. The van der Waals surface area contributed by atoms with Crippen LogP contribution in [-0.2, 0) is 10.3 Å². The number of carbonyl (C=O) groups excluding carboxylic acids is 2. The summed E-state index contributed by atoms with van der Waals surface area (Å²) >= 11 is 1.64. The first-order valence-corrected chi connectivity index (χ1v) is 12.2. The Balaban J connectivity index is 1.60. The van der Waals surface area contributed by atoms with Gasteiger partial charge in [-0.1, -0.05) is 12.1 Å². The van der Waals surface area contributed by atoms with Crippen molar-refractivity contribution in [1.82, 2.24) is 9.88 Å². The van der Waals surface area contributed by atoms with E-state index in [0.29, 0.717) is 28.4 Å². The predicted octanol–water partition coefficient (Wildman–Crippen LogP) is 3.95. The minimum Gasteiger partial charge on any atom is -0.324 e. The molecule has 2 saturated heterocycles. The normalized spacial score (nSPS) is 27.0. The van der Waals surface area contributed by atoms with E-state index in [1.807, 2.05) is 4.90 Å². The number of thioether (sulfide) groups is 1. The molecule has 1 aromatic heterocycles. The Hall–Kier alpha value is -3.63. The molecule has 0 unspecified atom stereocenters. The molecule has 1 amide bonds. The molecule has 3 aromatic rings. The minimum atomic E-state index is -1.41. The molecular formula is C25H19FN4O4S. The van der Waals surface area contributed by atoms with E-state index in [4.69, 9.17) is 0 Å². The molecule has 0 radical (unpaired) electrons. The number of nitrogens with one attached hydrogen (secondary N) is 1. The zero-order valence-corrected chi connectivity index (χ0v) is 19.1. The Morgan fingerprint density at radius 3 is 2.74 bits per heavy atom. The van der Waals surface area contributed by atoms with Gasteiger partial charge in [-0.05, 0) is 35.9 Å². The highest BCUT2D eigenvalue weighted by molar-refractivity contribution is 7.99. The van der Waals surface area contributed by atoms with Crippen molar-refractivity contribution in [1.29, 1.82) is 0 Å². The van der Waals surface area contributed by atoms with Crippen molar-refractivity contribution >= 4 is 34.8 Å². The molecule has 6 rings (SSSR count). The summed E-state index contributed by atoms with van der Waals surface area (Å²) in [7, 11) is 0. The smallest absolute Gasteiger partial charge is 0.269 e. The highest BCUT2D eigenvalue weighted by atomic mass is 32.2. The van der Waals surface area contributed by atoms with Crippen LogP contribution in [0.4, 0.5) is 15.8 Å². The Bertz CT molecular complexity index is 1370. The van der Waals surface area contributed by atoms with Crippen LogP contribution in [0.3, 0.4) is 0 Å². The molecule has 3 aliphatic heterocycles. The molecule has 0 saturated carbocycles. The lowest BCUT2D eigenvalue weighted by Gasteiger charge is -2.36. The number of amides is 1. The van der Waals surface area contributed by atoms with Crippen LogP contribution in [0, 0.1) is 21.8 Å². The fraction of sp³-hybridized carbons (Fsp3) is 0.240. The van der Waals surface area contributed by atoms with Crippen LogP contribution in [0.5, 0.6) is 0 Å². The number of non-ortho nitro benzene ring substituents is 1. The average molecular weight is 491 g/mol. The van der Waals surface area contributed by atoms with Crippen molar-refractivity contribution in [2.45, 2.75) is 17.5 Å². The van der Waals surface area contributed by atoms with Crippen molar-refractivity contribution in [3.63, 3.8) is 0 Å². The predicted molar refractivity (Wildman–Crippen MR) is 128 cm³/mol. The molecule has 35 heavy (non-hydrogen) atoms. The number of nitro groups is 1. The third-order valence-electron chi connectivity index (χ3n) is 7.30. The third kappa shape index (κ3) is 3.06. The number of anilines is 1. The van der Waals surface area contributed by atoms with Crippen molar-refractivity contribution in [3.8, 4) is 0 Å². The number of hydrogen-bond donors (Lipinski definition) is 1. The van der Waals surface area contributed by atoms with Crippen LogP contribution >= 0.6 is 11.8 Å². The SMILES string of the molecule is O=C(c1cccnc1)[C@@H]1[C@H](c2ccc([N+](=O)[O-])cc2)[C@@H]2CSCN2[C@@]12C(=O)Nc1ccc(F)cc12. The van der Waals surface area contributed by atoms with Gasteiger partial charge >= 0.3 is 0 Å².